The topological polar surface area (TPSA) is 78.9 Å². The summed E-state index contributed by atoms with van der Waals surface area (Å²) in [5, 5.41) is 0. The van der Waals surface area contributed by atoms with Crippen LogP contribution in [0.4, 0.5) is 0 Å². The number of carbonyl (C=O) groups excluding carboxylic acids is 3. The second-order valence-corrected chi connectivity index (χ2v) is 19.5. The van der Waals surface area contributed by atoms with E-state index in [1.807, 2.05) is 0 Å². The van der Waals surface area contributed by atoms with Crippen LogP contribution in [0.1, 0.15) is 258 Å². The largest absolute Gasteiger partial charge is 0.462 e. The van der Waals surface area contributed by atoms with E-state index < -0.39 is 6.10 Å². The molecule has 0 fully saturated rings. The number of rotatable bonds is 53. The molecule has 6 heteroatoms. The molecule has 0 rings (SSSR count). The lowest BCUT2D eigenvalue weighted by atomic mass is 10.1. The third-order valence-electron chi connectivity index (χ3n) is 12.4. The molecule has 0 aromatic carbocycles. The molecule has 74 heavy (non-hydrogen) atoms. The van der Waals surface area contributed by atoms with E-state index in [9.17, 15) is 14.4 Å². The second-order valence-electron chi connectivity index (χ2n) is 19.5. The molecule has 0 N–H and O–H groups in total. The van der Waals surface area contributed by atoms with E-state index in [2.05, 4.69) is 154 Å². The number of allylic oxidation sites excluding steroid dienone is 22. The Morgan fingerprint density at radius 3 is 0.824 bits per heavy atom. The van der Waals surface area contributed by atoms with E-state index in [4.69, 9.17) is 14.2 Å². The highest BCUT2D eigenvalue weighted by atomic mass is 16.6. The first-order valence-corrected chi connectivity index (χ1v) is 30.2. The standard InChI is InChI=1S/C68H110O6/c1-4-7-10-13-16-18-20-22-24-26-27-28-29-30-31-32-33-34-35-36-37-38-39-40-41-43-44-46-48-50-52-55-58-61-67(70)73-64-65(63-72-66(69)60-57-54-15-12-9-6-3)74-68(71)62-59-56-53-51-49-47-45-42-25-23-21-19-17-14-11-8-5-2/h7-8,10-11,16-19,22-25,27-28,30-31,33-34,36-37,39-40,65H,4-6,9,12-15,20-21,26,29,32,35,38,41-64H2,1-3H3/b10-7-,11-8-,18-16-,19-17-,24-22-,25-23-,28-27-,31-30-,34-33-,37-36-,40-39-. The molecule has 418 valence electrons. The zero-order valence-corrected chi connectivity index (χ0v) is 47.8. The van der Waals surface area contributed by atoms with Gasteiger partial charge in [-0.15, -0.1) is 0 Å². The highest BCUT2D eigenvalue weighted by Crippen LogP contribution is 2.14. The van der Waals surface area contributed by atoms with Gasteiger partial charge in [0.1, 0.15) is 13.2 Å². The van der Waals surface area contributed by atoms with Crippen molar-refractivity contribution in [3.8, 4) is 0 Å². The van der Waals surface area contributed by atoms with E-state index >= 15 is 0 Å². The summed E-state index contributed by atoms with van der Waals surface area (Å²) in [5.74, 6) is -0.918. The molecule has 0 amide bonds. The summed E-state index contributed by atoms with van der Waals surface area (Å²) in [5.41, 5.74) is 0. The molecule has 0 heterocycles. The summed E-state index contributed by atoms with van der Waals surface area (Å²) in [7, 11) is 0. The maximum Gasteiger partial charge on any atom is 0.306 e. The fourth-order valence-electron chi connectivity index (χ4n) is 7.94. The number of carbonyl (C=O) groups is 3. The molecule has 0 saturated heterocycles. The number of hydrogen-bond acceptors (Lipinski definition) is 6. The van der Waals surface area contributed by atoms with Crippen molar-refractivity contribution in [1.29, 1.82) is 0 Å². The average Bonchev–Trinajstić information content (AvgIpc) is 3.40. The summed E-state index contributed by atoms with van der Waals surface area (Å²) in [6.45, 7) is 6.33. The molecule has 0 spiro atoms. The summed E-state index contributed by atoms with van der Waals surface area (Å²) in [6.07, 6.45) is 86.3. The van der Waals surface area contributed by atoms with Gasteiger partial charge in [-0.2, -0.15) is 0 Å². The first-order chi connectivity index (χ1) is 36.5. The molecule has 0 saturated carbocycles. The van der Waals surface area contributed by atoms with Crippen LogP contribution in [-0.2, 0) is 28.6 Å². The van der Waals surface area contributed by atoms with Crippen molar-refractivity contribution in [2.45, 2.75) is 264 Å². The monoisotopic (exact) mass is 1020 g/mol. The van der Waals surface area contributed by atoms with E-state index in [-0.39, 0.29) is 31.1 Å². The fraction of sp³-hybridized carbons (Fsp3) is 0.632. The van der Waals surface area contributed by atoms with Gasteiger partial charge in [0.15, 0.2) is 6.10 Å². The van der Waals surface area contributed by atoms with Crippen LogP contribution in [0.25, 0.3) is 0 Å². The molecular weight excluding hydrogens is 913 g/mol. The first kappa shape index (κ1) is 69.5. The summed E-state index contributed by atoms with van der Waals surface area (Å²) < 4.78 is 16.7. The number of unbranched alkanes of at least 4 members (excludes halogenated alkanes) is 20. The van der Waals surface area contributed by atoms with Gasteiger partial charge in [0.2, 0.25) is 0 Å². The van der Waals surface area contributed by atoms with Crippen LogP contribution in [-0.4, -0.2) is 37.2 Å². The van der Waals surface area contributed by atoms with Gasteiger partial charge in [0.25, 0.3) is 0 Å². The van der Waals surface area contributed by atoms with Crippen molar-refractivity contribution in [1.82, 2.24) is 0 Å². The smallest absolute Gasteiger partial charge is 0.306 e. The Morgan fingerprint density at radius 1 is 0.284 bits per heavy atom. The van der Waals surface area contributed by atoms with E-state index in [1.165, 1.54) is 77.0 Å². The van der Waals surface area contributed by atoms with Crippen LogP contribution < -0.4 is 0 Å². The minimum Gasteiger partial charge on any atom is -0.462 e. The lowest BCUT2D eigenvalue weighted by Crippen LogP contribution is -2.30. The van der Waals surface area contributed by atoms with Gasteiger partial charge in [-0.3, -0.25) is 14.4 Å². The Labute approximate surface area is 455 Å². The number of esters is 3. The normalized spacial score (nSPS) is 13.1. The third-order valence-corrected chi connectivity index (χ3v) is 12.4. The zero-order chi connectivity index (χ0) is 53.6. The van der Waals surface area contributed by atoms with Gasteiger partial charge >= 0.3 is 17.9 Å². The van der Waals surface area contributed by atoms with Crippen LogP contribution in [0, 0.1) is 0 Å². The summed E-state index contributed by atoms with van der Waals surface area (Å²) in [6, 6.07) is 0. The Balaban J connectivity index is 4.13. The van der Waals surface area contributed by atoms with Gasteiger partial charge in [-0.1, -0.05) is 257 Å². The number of hydrogen-bond donors (Lipinski definition) is 0. The van der Waals surface area contributed by atoms with Gasteiger partial charge in [0.05, 0.1) is 0 Å². The van der Waals surface area contributed by atoms with Gasteiger partial charge < -0.3 is 14.2 Å². The van der Waals surface area contributed by atoms with Crippen molar-refractivity contribution in [2.24, 2.45) is 0 Å². The predicted octanol–water partition coefficient (Wildman–Crippen LogP) is 20.6. The molecule has 1 unspecified atom stereocenters. The van der Waals surface area contributed by atoms with Gasteiger partial charge in [-0.05, 0) is 116 Å². The lowest BCUT2D eigenvalue weighted by molar-refractivity contribution is -0.167. The quantitative estimate of drug-likeness (QED) is 0.0261. The maximum atomic E-state index is 12.8. The molecule has 0 aromatic heterocycles. The van der Waals surface area contributed by atoms with Crippen LogP contribution in [0.2, 0.25) is 0 Å². The Bertz CT molecular complexity index is 1600. The molecule has 0 aromatic rings. The maximum absolute atomic E-state index is 12.8. The van der Waals surface area contributed by atoms with Gasteiger partial charge in [0, 0.05) is 19.3 Å². The molecule has 0 radical (unpaired) electrons. The molecule has 0 aliphatic heterocycles. The van der Waals surface area contributed by atoms with Crippen LogP contribution in [0.15, 0.2) is 134 Å². The highest BCUT2D eigenvalue weighted by Gasteiger charge is 2.19. The lowest BCUT2D eigenvalue weighted by Gasteiger charge is -2.18. The van der Waals surface area contributed by atoms with E-state index in [0.29, 0.717) is 19.3 Å². The Hall–Kier alpha value is -4.45. The molecule has 1 atom stereocenters. The Kier molecular flexibility index (Phi) is 57.4. The number of ether oxygens (including phenoxy) is 3. The highest BCUT2D eigenvalue weighted by molar-refractivity contribution is 5.71. The van der Waals surface area contributed by atoms with Crippen molar-refractivity contribution >= 4 is 17.9 Å². The van der Waals surface area contributed by atoms with Crippen molar-refractivity contribution in [2.75, 3.05) is 13.2 Å². The molecular formula is C68H110O6. The minimum absolute atomic E-state index is 0.0871. The van der Waals surface area contributed by atoms with Crippen LogP contribution in [0.3, 0.4) is 0 Å². The van der Waals surface area contributed by atoms with Crippen molar-refractivity contribution < 1.29 is 28.6 Å². The predicted molar refractivity (Wildman–Crippen MR) is 320 cm³/mol. The zero-order valence-electron chi connectivity index (χ0n) is 47.8. The fourth-order valence-corrected chi connectivity index (χ4v) is 7.94. The molecule has 0 aliphatic rings. The van der Waals surface area contributed by atoms with E-state index in [0.717, 1.165) is 141 Å². The molecule has 0 aliphatic carbocycles. The second kappa shape index (κ2) is 61.1. The summed E-state index contributed by atoms with van der Waals surface area (Å²) >= 11 is 0. The van der Waals surface area contributed by atoms with Gasteiger partial charge in [-0.25, -0.2) is 0 Å². The Morgan fingerprint density at radius 2 is 0.527 bits per heavy atom. The van der Waals surface area contributed by atoms with Crippen LogP contribution in [0.5, 0.6) is 0 Å². The first-order valence-electron chi connectivity index (χ1n) is 30.2. The SMILES string of the molecule is CC/C=C\C/C=C\C/C=C\C/C=C\C/C=C\C/C=C\C/C=C\C/C=C\CCCCCCCCCCC(=O)OCC(COC(=O)CCCCCCCC)OC(=O)CCCCCCCCC/C=C\C/C=C\C/C=C\CC. The summed E-state index contributed by atoms with van der Waals surface area (Å²) in [4.78, 5) is 37.9. The van der Waals surface area contributed by atoms with Crippen LogP contribution >= 0.6 is 0 Å². The van der Waals surface area contributed by atoms with Crippen molar-refractivity contribution in [3.63, 3.8) is 0 Å². The molecule has 6 nitrogen and oxygen atoms in total. The molecule has 0 bridgehead atoms. The van der Waals surface area contributed by atoms with Crippen molar-refractivity contribution in [3.05, 3.63) is 134 Å². The minimum atomic E-state index is -0.787. The third kappa shape index (κ3) is 58.4. The van der Waals surface area contributed by atoms with E-state index in [1.54, 1.807) is 0 Å². The average molecular weight is 1020 g/mol.